The van der Waals surface area contributed by atoms with E-state index in [1.54, 1.807) is 24.4 Å². The highest BCUT2D eigenvalue weighted by atomic mass is 16.5. The number of carbonyl (C=O) groups excluding carboxylic acids is 1. The lowest BCUT2D eigenvalue weighted by Gasteiger charge is -2.12. The molecule has 0 aliphatic heterocycles. The summed E-state index contributed by atoms with van der Waals surface area (Å²) in [7, 11) is 3.05. The molecule has 0 saturated heterocycles. The second kappa shape index (κ2) is 11.4. The van der Waals surface area contributed by atoms with Gasteiger partial charge in [-0.25, -0.2) is 5.43 Å². The van der Waals surface area contributed by atoms with Gasteiger partial charge in [0.1, 0.15) is 18.1 Å². The van der Waals surface area contributed by atoms with Crippen LogP contribution in [-0.2, 0) is 6.61 Å². The molecule has 32 heavy (non-hydrogen) atoms. The molecule has 0 fully saturated rings. The molecule has 3 aromatic rings. The Hall–Kier alpha value is -4.00. The van der Waals surface area contributed by atoms with Crippen molar-refractivity contribution in [3.63, 3.8) is 0 Å². The Morgan fingerprint density at radius 1 is 0.906 bits per heavy atom. The molecular formula is C25H26N2O5. The van der Waals surface area contributed by atoms with E-state index in [4.69, 9.17) is 18.9 Å². The molecule has 7 nitrogen and oxygen atoms in total. The first-order chi connectivity index (χ1) is 15.6. The van der Waals surface area contributed by atoms with Crippen LogP contribution >= 0.6 is 0 Å². The second-order valence-corrected chi connectivity index (χ2v) is 6.71. The van der Waals surface area contributed by atoms with E-state index in [0.717, 1.165) is 11.1 Å². The van der Waals surface area contributed by atoms with Crippen molar-refractivity contribution in [2.45, 2.75) is 13.5 Å². The van der Waals surface area contributed by atoms with Gasteiger partial charge in [-0.15, -0.1) is 0 Å². The molecule has 0 unspecified atom stereocenters. The Morgan fingerprint density at radius 2 is 1.62 bits per heavy atom. The van der Waals surface area contributed by atoms with E-state index in [0.29, 0.717) is 41.8 Å². The summed E-state index contributed by atoms with van der Waals surface area (Å²) in [5, 5.41) is 4.05. The van der Waals surface area contributed by atoms with Crippen LogP contribution in [0.5, 0.6) is 23.0 Å². The van der Waals surface area contributed by atoms with E-state index in [9.17, 15) is 4.79 Å². The number of nitrogens with zero attached hydrogens (tertiary/aromatic N) is 1. The van der Waals surface area contributed by atoms with Gasteiger partial charge in [0.05, 0.1) is 27.0 Å². The van der Waals surface area contributed by atoms with Crippen LogP contribution in [0, 0.1) is 0 Å². The van der Waals surface area contributed by atoms with Crippen molar-refractivity contribution in [1.29, 1.82) is 0 Å². The van der Waals surface area contributed by atoms with Crippen LogP contribution in [0.1, 0.15) is 28.4 Å². The molecule has 0 spiro atoms. The predicted molar refractivity (Wildman–Crippen MR) is 123 cm³/mol. The zero-order valence-corrected chi connectivity index (χ0v) is 18.3. The van der Waals surface area contributed by atoms with Crippen LogP contribution < -0.4 is 24.4 Å². The minimum absolute atomic E-state index is 0.373. The number of benzene rings is 3. The summed E-state index contributed by atoms with van der Waals surface area (Å²) < 4.78 is 22.0. The maximum Gasteiger partial charge on any atom is 0.271 e. The lowest BCUT2D eigenvalue weighted by molar-refractivity contribution is 0.0954. The molecule has 0 atom stereocenters. The van der Waals surface area contributed by atoms with E-state index >= 15 is 0 Å². The molecule has 0 bridgehead atoms. The van der Waals surface area contributed by atoms with Crippen molar-refractivity contribution in [3.8, 4) is 23.0 Å². The SMILES string of the molecule is CCOc1cc(C=NNC(=O)c2cc(OC)cc(OC)c2)ccc1OCc1ccccc1. The summed E-state index contributed by atoms with van der Waals surface area (Å²) in [5.41, 5.74) is 4.70. The number of hydrogen-bond acceptors (Lipinski definition) is 6. The van der Waals surface area contributed by atoms with Crippen LogP contribution in [0.2, 0.25) is 0 Å². The molecule has 1 N–H and O–H groups in total. The molecule has 3 rings (SSSR count). The maximum atomic E-state index is 12.4. The topological polar surface area (TPSA) is 78.4 Å². The smallest absolute Gasteiger partial charge is 0.271 e. The first-order valence-electron chi connectivity index (χ1n) is 10.1. The number of rotatable bonds is 10. The number of hydrogen-bond donors (Lipinski definition) is 1. The van der Waals surface area contributed by atoms with Crippen LogP contribution in [0.15, 0.2) is 71.8 Å². The van der Waals surface area contributed by atoms with E-state index in [2.05, 4.69) is 10.5 Å². The Balaban J connectivity index is 1.67. The molecule has 0 heterocycles. The summed E-state index contributed by atoms with van der Waals surface area (Å²) in [6.07, 6.45) is 1.54. The van der Waals surface area contributed by atoms with Crippen molar-refractivity contribution in [1.82, 2.24) is 5.43 Å². The van der Waals surface area contributed by atoms with Crippen molar-refractivity contribution < 1.29 is 23.7 Å². The van der Waals surface area contributed by atoms with Crippen LogP contribution in [-0.4, -0.2) is 32.9 Å². The van der Waals surface area contributed by atoms with Gasteiger partial charge >= 0.3 is 0 Å². The number of methoxy groups -OCH3 is 2. The number of amides is 1. The Morgan fingerprint density at radius 3 is 2.28 bits per heavy atom. The fourth-order valence-corrected chi connectivity index (χ4v) is 2.90. The predicted octanol–water partition coefficient (Wildman–Crippen LogP) is 4.45. The maximum absolute atomic E-state index is 12.4. The third kappa shape index (κ3) is 6.25. The van der Waals surface area contributed by atoms with E-state index in [1.807, 2.05) is 55.5 Å². The van der Waals surface area contributed by atoms with Crippen LogP contribution in [0.4, 0.5) is 0 Å². The summed E-state index contributed by atoms with van der Waals surface area (Å²) in [6, 6.07) is 20.3. The molecular weight excluding hydrogens is 408 g/mol. The lowest BCUT2D eigenvalue weighted by Crippen LogP contribution is -2.17. The van der Waals surface area contributed by atoms with Gasteiger partial charge in [-0.1, -0.05) is 30.3 Å². The Kier molecular flexibility index (Phi) is 8.09. The van der Waals surface area contributed by atoms with Gasteiger partial charge < -0.3 is 18.9 Å². The average molecular weight is 434 g/mol. The largest absolute Gasteiger partial charge is 0.497 e. The molecule has 0 aliphatic rings. The van der Waals surface area contributed by atoms with E-state index < -0.39 is 0 Å². The van der Waals surface area contributed by atoms with E-state index in [-0.39, 0.29) is 5.91 Å². The summed E-state index contributed by atoms with van der Waals surface area (Å²) in [5.74, 6) is 1.90. The summed E-state index contributed by atoms with van der Waals surface area (Å²) in [4.78, 5) is 12.4. The number of nitrogens with one attached hydrogen (secondary N) is 1. The summed E-state index contributed by atoms with van der Waals surface area (Å²) >= 11 is 0. The highest BCUT2D eigenvalue weighted by Gasteiger charge is 2.10. The van der Waals surface area contributed by atoms with Gasteiger partial charge in [0, 0.05) is 11.6 Å². The van der Waals surface area contributed by atoms with Gasteiger partial charge in [0.2, 0.25) is 0 Å². The highest BCUT2D eigenvalue weighted by molar-refractivity contribution is 5.95. The van der Waals surface area contributed by atoms with Crippen molar-refractivity contribution in [2.75, 3.05) is 20.8 Å². The highest BCUT2D eigenvalue weighted by Crippen LogP contribution is 2.29. The molecule has 166 valence electrons. The third-order valence-electron chi connectivity index (χ3n) is 4.50. The molecule has 1 amide bonds. The van der Waals surface area contributed by atoms with Crippen molar-refractivity contribution in [3.05, 3.63) is 83.4 Å². The van der Waals surface area contributed by atoms with Gasteiger partial charge in [0.25, 0.3) is 5.91 Å². The van der Waals surface area contributed by atoms with Gasteiger partial charge in [-0.3, -0.25) is 4.79 Å². The zero-order valence-electron chi connectivity index (χ0n) is 18.3. The minimum atomic E-state index is -0.383. The van der Waals surface area contributed by atoms with Gasteiger partial charge in [-0.05, 0) is 48.4 Å². The zero-order chi connectivity index (χ0) is 22.8. The number of ether oxygens (including phenoxy) is 4. The molecule has 0 radical (unpaired) electrons. The third-order valence-corrected chi connectivity index (χ3v) is 4.50. The molecule has 0 saturated carbocycles. The van der Waals surface area contributed by atoms with Gasteiger partial charge in [-0.2, -0.15) is 5.10 Å². The van der Waals surface area contributed by atoms with Crippen molar-refractivity contribution in [2.24, 2.45) is 5.10 Å². The molecule has 0 aromatic heterocycles. The number of carbonyl (C=O) groups is 1. The van der Waals surface area contributed by atoms with Crippen LogP contribution in [0.3, 0.4) is 0 Å². The Labute approximate surface area is 187 Å². The summed E-state index contributed by atoms with van der Waals surface area (Å²) in [6.45, 7) is 2.84. The van der Waals surface area contributed by atoms with Gasteiger partial charge in [0.15, 0.2) is 11.5 Å². The number of hydrazone groups is 1. The standard InChI is InChI=1S/C25H26N2O5/c1-4-31-24-12-19(10-11-23(24)32-17-18-8-6-5-7-9-18)16-26-27-25(28)20-13-21(29-2)15-22(14-20)30-3/h5-16H,4,17H2,1-3H3,(H,27,28). The quantitative estimate of drug-likeness (QED) is 0.377. The second-order valence-electron chi connectivity index (χ2n) is 6.71. The Bertz CT molecular complexity index is 1040. The molecule has 3 aromatic carbocycles. The van der Waals surface area contributed by atoms with Crippen LogP contribution in [0.25, 0.3) is 0 Å². The van der Waals surface area contributed by atoms with E-state index in [1.165, 1.54) is 14.2 Å². The normalized spacial score (nSPS) is 10.6. The molecule has 0 aliphatic carbocycles. The first kappa shape index (κ1) is 22.7. The average Bonchev–Trinajstić information content (AvgIpc) is 2.84. The molecule has 7 heteroatoms. The van der Waals surface area contributed by atoms with Crippen molar-refractivity contribution >= 4 is 12.1 Å². The lowest BCUT2D eigenvalue weighted by atomic mass is 10.2. The monoisotopic (exact) mass is 434 g/mol. The minimum Gasteiger partial charge on any atom is -0.497 e. The first-order valence-corrected chi connectivity index (χ1v) is 10.1. The fourth-order valence-electron chi connectivity index (χ4n) is 2.90. The fraction of sp³-hybridized carbons (Fsp3) is 0.200.